The zero-order valence-corrected chi connectivity index (χ0v) is 8.89. The Hall–Kier alpha value is -0.555. The third-order valence-electron chi connectivity index (χ3n) is 2.49. The van der Waals surface area contributed by atoms with E-state index in [0.717, 1.165) is 19.3 Å². The molecule has 5 nitrogen and oxygen atoms in total. The Balaban J connectivity index is 2.28. The maximum atomic E-state index is 9.13. The van der Waals surface area contributed by atoms with Crippen molar-refractivity contribution in [1.82, 2.24) is 9.55 Å². The SMILES string of the molecule is OB(O)c1cnc(Cl)n1C1CCCCO1. The highest BCUT2D eigenvalue weighted by atomic mass is 35.5. The summed E-state index contributed by atoms with van der Waals surface area (Å²) >= 11 is 5.87. The summed E-state index contributed by atoms with van der Waals surface area (Å²) < 4.78 is 7.04. The van der Waals surface area contributed by atoms with Crippen LogP contribution in [-0.4, -0.2) is 33.3 Å². The van der Waals surface area contributed by atoms with Crippen molar-refractivity contribution in [3.8, 4) is 0 Å². The lowest BCUT2D eigenvalue weighted by molar-refractivity contribution is -0.0304. The van der Waals surface area contributed by atoms with E-state index in [1.54, 1.807) is 0 Å². The molecule has 1 aromatic heterocycles. The van der Waals surface area contributed by atoms with Gasteiger partial charge in [-0.05, 0) is 30.9 Å². The van der Waals surface area contributed by atoms with Gasteiger partial charge in [0, 0.05) is 12.8 Å². The van der Waals surface area contributed by atoms with Gasteiger partial charge in [-0.2, -0.15) is 0 Å². The Kier molecular flexibility index (Phi) is 3.30. The van der Waals surface area contributed by atoms with Crippen molar-refractivity contribution >= 4 is 24.3 Å². The van der Waals surface area contributed by atoms with Gasteiger partial charge in [-0.3, -0.25) is 4.57 Å². The van der Waals surface area contributed by atoms with E-state index in [1.165, 1.54) is 10.8 Å². The zero-order chi connectivity index (χ0) is 10.8. The van der Waals surface area contributed by atoms with Gasteiger partial charge in [0.15, 0.2) is 0 Å². The molecule has 2 rings (SSSR count). The number of aromatic nitrogens is 2. The van der Waals surface area contributed by atoms with Crippen molar-refractivity contribution in [2.75, 3.05) is 6.61 Å². The molecule has 2 heterocycles. The summed E-state index contributed by atoms with van der Waals surface area (Å²) in [5.74, 6) is 0. The Labute approximate surface area is 92.8 Å². The van der Waals surface area contributed by atoms with Crippen LogP contribution in [0.2, 0.25) is 5.28 Å². The van der Waals surface area contributed by atoms with Crippen LogP contribution in [0.15, 0.2) is 6.20 Å². The second-order valence-corrected chi connectivity index (χ2v) is 3.86. The minimum absolute atomic E-state index is 0.227. The molecular weight excluding hydrogens is 218 g/mol. The largest absolute Gasteiger partial charge is 0.507 e. The molecule has 1 unspecified atom stereocenters. The summed E-state index contributed by atoms with van der Waals surface area (Å²) in [6, 6.07) is 0. The smallest absolute Gasteiger partial charge is 0.422 e. The monoisotopic (exact) mass is 230 g/mol. The molecule has 0 spiro atoms. The molecule has 0 saturated carbocycles. The fourth-order valence-electron chi connectivity index (χ4n) is 1.75. The van der Waals surface area contributed by atoms with E-state index in [0.29, 0.717) is 6.61 Å². The van der Waals surface area contributed by atoms with E-state index in [1.807, 2.05) is 0 Å². The predicted octanol–water partition coefficient (Wildman–Crippen LogP) is -0.0846. The van der Waals surface area contributed by atoms with Crippen LogP contribution >= 0.6 is 11.6 Å². The first-order chi connectivity index (χ1) is 7.20. The van der Waals surface area contributed by atoms with Crippen molar-refractivity contribution in [3.05, 3.63) is 11.5 Å². The van der Waals surface area contributed by atoms with Crippen LogP contribution in [0.4, 0.5) is 0 Å². The number of nitrogens with zero attached hydrogens (tertiary/aromatic N) is 2. The number of hydrogen-bond acceptors (Lipinski definition) is 4. The predicted molar refractivity (Wildman–Crippen MR) is 55.9 cm³/mol. The normalized spacial score (nSPS) is 21.7. The van der Waals surface area contributed by atoms with Crippen LogP contribution in [0.5, 0.6) is 0 Å². The van der Waals surface area contributed by atoms with Crippen molar-refractivity contribution in [2.24, 2.45) is 0 Å². The molecule has 1 saturated heterocycles. The molecule has 1 atom stereocenters. The minimum Gasteiger partial charge on any atom is -0.422 e. The first-order valence-electron chi connectivity index (χ1n) is 4.90. The van der Waals surface area contributed by atoms with Gasteiger partial charge in [0.25, 0.3) is 0 Å². The Bertz CT molecular complexity index is 339. The lowest BCUT2D eigenvalue weighted by Gasteiger charge is -2.25. The van der Waals surface area contributed by atoms with E-state index in [2.05, 4.69) is 4.98 Å². The summed E-state index contributed by atoms with van der Waals surface area (Å²) in [5.41, 5.74) is 0.270. The van der Waals surface area contributed by atoms with Gasteiger partial charge < -0.3 is 14.8 Å². The molecule has 82 valence electrons. The molecule has 1 fully saturated rings. The van der Waals surface area contributed by atoms with Gasteiger partial charge in [-0.1, -0.05) is 0 Å². The number of imidazole rings is 1. The second-order valence-electron chi connectivity index (χ2n) is 3.52. The van der Waals surface area contributed by atoms with Gasteiger partial charge in [0.1, 0.15) is 6.23 Å². The average molecular weight is 230 g/mol. The fourth-order valence-corrected chi connectivity index (χ4v) is 2.01. The van der Waals surface area contributed by atoms with E-state index in [9.17, 15) is 0 Å². The molecule has 1 aliphatic rings. The topological polar surface area (TPSA) is 67.5 Å². The summed E-state index contributed by atoms with van der Waals surface area (Å²) in [6.45, 7) is 0.667. The highest BCUT2D eigenvalue weighted by Gasteiger charge is 2.26. The third kappa shape index (κ3) is 2.18. The molecule has 0 radical (unpaired) electrons. The first kappa shape index (κ1) is 10.9. The Morgan fingerprint density at radius 3 is 2.93 bits per heavy atom. The first-order valence-corrected chi connectivity index (χ1v) is 5.28. The molecule has 0 amide bonds. The average Bonchev–Trinajstić information content (AvgIpc) is 2.61. The molecule has 1 aliphatic heterocycles. The maximum absolute atomic E-state index is 9.13. The van der Waals surface area contributed by atoms with E-state index in [4.69, 9.17) is 26.4 Å². The number of hydrogen-bond donors (Lipinski definition) is 2. The molecule has 0 aliphatic carbocycles. The minimum atomic E-state index is -1.57. The third-order valence-corrected chi connectivity index (χ3v) is 2.77. The van der Waals surface area contributed by atoms with E-state index >= 15 is 0 Å². The van der Waals surface area contributed by atoms with Crippen molar-refractivity contribution < 1.29 is 14.8 Å². The summed E-state index contributed by atoms with van der Waals surface area (Å²) in [4.78, 5) is 3.84. The van der Waals surface area contributed by atoms with Crippen LogP contribution in [0.1, 0.15) is 25.5 Å². The zero-order valence-electron chi connectivity index (χ0n) is 8.14. The Morgan fingerprint density at radius 2 is 2.33 bits per heavy atom. The van der Waals surface area contributed by atoms with E-state index < -0.39 is 7.12 Å². The fraction of sp³-hybridized carbons (Fsp3) is 0.625. The molecule has 0 aromatic carbocycles. The van der Waals surface area contributed by atoms with Gasteiger partial charge >= 0.3 is 7.12 Å². The Morgan fingerprint density at radius 1 is 1.53 bits per heavy atom. The van der Waals surface area contributed by atoms with E-state index in [-0.39, 0.29) is 17.1 Å². The van der Waals surface area contributed by atoms with Gasteiger partial charge in [-0.15, -0.1) is 0 Å². The summed E-state index contributed by atoms with van der Waals surface area (Å²) in [5, 5.41) is 18.5. The molecule has 0 bridgehead atoms. The highest BCUT2D eigenvalue weighted by molar-refractivity contribution is 6.58. The molecule has 2 N–H and O–H groups in total. The molecule has 1 aromatic rings. The van der Waals surface area contributed by atoms with Gasteiger partial charge in [0.05, 0.1) is 5.59 Å². The molecular formula is C8H12BClN2O3. The van der Waals surface area contributed by atoms with Crippen LogP contribution in [0.3, 0.4) is 0 Å². The van der Waals surface area contributed by atoms with Gasteiger partial charge in [-0.25, -0.2) is 4.98 Å². The molecule has 7 heteroatoms. The summed E-state index contributed by atoms with van der Waals surface area (Å²) in [6.07, 6.45) is 4.01. The van der Waals surface area contributed by atoms with Crippen LogP contribution in [0.25, 0.3) is 0 Å². The van der Waals surface area contributed by atoms with Gasteiger partial charge in [0.2, 0.25) is 5.28 Å². The second kappa shape index (κ2) is 4.53. The maximum Gasteiger partial charge on any atom is 0.507 e. The number of halogens is 1. The quantitative estimate of drug-likeness (QED) is 0.697. The lowest BCUT2D eigenvalue weighted by Crippen LogP contribution is -2.39. The number of ether oxygens (including phenoxy) is 1. The highest BCUT2D eigenvalue weighted by Crippen LogP contribution is 2.24. The van der Waals surface area contributed by atoms with Crippen molar-refractivity contribution in [2.45, 2.75) is 25.5 Å². The van der Waals surface area contributed by atoms with Crippen LogP contribution in [0, 0.1) is 0 Å². The van der Waals surface area contributed by atoms with Crippen molar-refractivity contribution in [3.63, 3.8) is 0 Å². The number of rotatable bonds is 2. The molecule has 15 heavy (non-hydrogen) atoms. The van der Waals surface area contributed by atoms with Crippen LogP contribution in [-0.2, 0) is 4.74 Å². The standard InChI is InChI=1S/C8H12BClN2O3/c10-8-11-5-6(9(13)14)12(8)7-3-1-2-4-15-7/h5,7,13-14H,1-4H2. The van der Waals surface area contributed by atoms with Crippen molar-refractivity contribution in [1.29, 1.82) is 0 Å². The van der Waals surface area contributed by atoms with Crippen LogP contribution < -0.4 is 5.59 Å². The summed E-state index contributed by atoms with van der Waals surface area (Å²) in [7, 11) is -1.57. The lowest BCUT2D eigenvalue weighted by atomic mass is 9.86.